The van der Waals surface area contributed by atoms with Crippen molar-refractivity contribution in [3.63, 3.8) is 0 Å². The third-order valence-electron chi connectivity index (χ3n) is 5.17. The van der Waals surface area contributed by atoms with E-state index in [1.54, 1.807) is 30.5 Å². The fourth-order valence-electron chi connectivity index (χ4n) is 3.53. The van der Waals surface area contributed by atoms with Gasteiger partial charge in [-0.2, -0.15) is 0 Å². The molecule has 1 heterocycles. The van der Waals surface area contributed by atoms with Crippen LogP contribution in [0.1, 0.15) is 25.7 Å². The minimum absolute atomic E-state index is 0.0122. The second-order valence-corrected chi connectivity index (χ2v) is 10.7. The van der Waals surface area contributed by atoms with Crippen LogP contribution in [0.4, 0.5) is 5.69 Å². The van der Waals surface area contributed by atoms with E-state index < -0.39 is 10.0 Å². The Morgan fingerprint density at radius 3 is 2.47 bits per heavy atom. The van der Waals surface area contributed by atoms with E-state index in [0.29, 0.717) is 15.9 Å². The topological polar surface area (TPSA) is 104 Å². The van der Waals surface area contributed by atoms with Crippen LogP contribution in [0.25, 0.3) is 11.3 Å². The van der Waals surface area contributed by atoms with Gasteiger partial charge in [-0.25, -0.2) is 18.1 Å². The molecule has 7 nitrogen and oxygen atoms in total. The Morgan fingerprint density at radius 1 is 1.09 bits per heavy atom. The van der Waals surface area contributed by atoms with Gasteiger partial charge in [-0.1, -0.05) is 48.3 Å². The zero-order valence-corrected chi connectivity index (χ0v) is 19.6. The fourth-order valence-corrected chi connectivity index (χ4v) is 5.61. The Kier molecular flexibility index (Phi) is 7.20. The molecule has 3 aromatic rings. The lowest BCUT2D eigenvalue weighted by Gasteiger charge is -2.13. The van der Waals surface area contributed by atoms with Gasteiger partial charge in [0, 0.05) is 16.8 Å². The summed E-state index contributed by atoms with van der Waals surface area (Å²) in [6.07, 6.45) is 5.57. The largest absolute Gasteiger partial charge is 0.333 e. The lowest BCUT2D eigenvalue weighted by Crippen LogP contribution is -2.32. The molecule has 4 rings (SSSR count). The Hall–Kier alpha value is -2.33. The van der Waals surface area contributed by atoms with Crippen molar-refractivity contribution in [2.24, 2.45) is 0 Å². The van der Waals surface area contributed by atoms with Crippen LogP contribution in [-0.4, -0.2) is 36.1 Å². The highest BCUT2D eigenvalue weighted by molar-refractivity contribution is 7.99. The summed E-state index contributed by atoms with van der Waals surface area (Å²) in [4.78, 5) is 20.0. The first-order valence-corrected chi connectivity index (χ1v) is 13.1. The summed E-state index contributed by atoms with van der Waals surface area (Å²) in [7, 11) is -3.54. The van der Waals surface area contributed by atoms with Gasteiger partial charge in [0.2, 0.25) is 15.9 Å². The van der Waals surface area contributed by atoms with Crippen LogP contribution in [0.2, 0.25) is 5.02 Å². The van der Waals surface area contributed by atoms with Crippen molar-refractivity contribution in [1.82, 2.24) is 14.7 Å². The lowest BCUT2D eigenvalue weighted by molar-refractivity contribution is -0.113. The van der Waals surface area contributed by atoms with Crippen molar-refractivity contribution in [1.29, 1.82) is 0 Å². The van der Waals surface area contributed by atoms with Gasteiger partial charge in [0.15, 0.2) is 5.16 Å². The van der Waals surface area contributed by atoms with Gasteiger partial charge in [-0.05, 0) is 54.8 Å². The SMILES string of the molecule is O=C(CSc1ncc(-c2ccc(Cl)cc2)[nH]1)Nc1ccc(S(=O)(=O)NC2CCCC2)cc1. The Balaban J connectivity index is 1.29. The van der Waals surface area contributed by atoms with E-state index in [-0.39, 0.29) is 22.6 Å². The molecular weight excluding hydrogens is 468 g/mol. The second kappa shape index (κ2) is 10.1. The van der Waals surface area contributed by atoms with E-state index in [4.69, 9.17) is 11.6 Å². The maximum absolute atomic E-state index is 12.5. The molecule has 1 aliphatic carbocycles. The summed E-state index contributed by atoms with van der Waals surface area (Å²) in [6, 6.07) is 13.6. The van der Waals surface area contributed by atoms with Crippen molar-refractivity contribution in [2.75, 3.05) is 11.1 Å². The van der Waals surface area contributed by atoms with Gasteiger partial charge >= 0.3 is 0 Å². The summed E-state index contributed by atoms with van der Waals surface area (Å²) in [5, 5.41) is 4.07. The summed E-state index contributed by atoms with van der Waals surface area (Å²) < 4.78 is 27.7. The highest BCUT2D eigenvalue weighted by Crippen LogP contribution is 2.24. The third-order valence-corrected chi connectivity index (χ3v) is 7.85. The van der Waals surface area contributed by atoms with Gasteiger partial charge in [0.05, 0.1) is 22.5 Å². The molecule has 1 saturated carbocycles. The maximum Gasteiger partial charge on any atom is 0.240 e. The Morgan fingerprint density at radius 2 is 1.78 bits per heavy atom. The number of amides is 1. The average Bonchev–Trinajstić information content (AvgIpc) is 3.45. The minimum Gasteiger partial charge on any atom is -0.333 e. The summed E-state index contributed by atoms with van der Waals surface area (Å²) >= 11 is 7.19. The number of aromatic amines is 1. The number of sulfonamides is 1. The van der Waals surface area contributed by atoms with Crippen molar-refractivity contribution >= 4 is 45.0 Å². The third kappa shape index (κ3) is 5.92. The lowest BCUT2D eigenvalue weighted by atomic mass is 10.2. The average molecular weight is 491 g/mol. The number of benzene rings is 2. The molecule has 168 valence electrons. The molecule has 1 amide bonds. The highest BCUT2D eigenvalue weighted by Gasteiger charge is 2.22. The predicted molar refractivity (Wildman–Crippen MR) is 127 cm³/mol. The number of hydrogen-bond donors (Lipinski definition) is 3. The van der Waals surface area contributed by atoms with E-state index >= 15 is 0 Å². The smallest absolute Gasteiger partial charge is 0.240 e. The molecule has 0 unspecified atom stereocenters. The number of anilines is 1. The number of rotatable bonds is 8. The van der Waals surface area contributed by atoms with Crippen LogP contribution in [-0.2, 0) is 14.8 Å². The molecule has 2 aromatic carbocycles. The van der Waals surface area contributed by atoms with Gasteiger partial charge in [-0.15, -0.1) is 0 Å². The number of H-pyrrole nitrogens is 1. The molecule has 0 aliphatic heterocycles. The normalized spacial score (nSPS) is 14.5. The molecule has 32 heavy (non-hydrogen) atoms. The molecule has 0 radical (unpaired) electrons. The van der Waals surface area contributed by atoms with Gasteiger partial charge in [0.1, 0.15) is 0 Å². The first-order valence-electron chi connectivity index (χ1n) is 10.2. The molecule has 1 aromatic heterocycles. The van der Waals surface area contributed by atoms with E-state index in [2.05, 4.69) is 20.0 Å². The Bertz CT molecular complexity index is 1170. The van der Waals surface area contributed by atoms with Crippen LogP contribution in [0, 0.1) is 0 Å². The number of nitrogens with one attached hydrogen (secondary N) is 3. The Labute approximate surface area is 196 Å². The van der Waals surface area contributed by atoms with E-state index in [1.807, 2.05) is 12.1 Å². The van der Waals surface area contributed by atoms with Crippen molar-refractivity contribution in [3.05, 3.63) is 59.8 Å². The number of aromatic nitrogens is 2. The molecule has 1 fully saturated rings. The zero-order chi connectivity index (χ0) is 22.6. The molecule has 3 N–H and O–H groups in total. The van der Waals surface area contributed by atoms with Gasteiger partial charge < -0.3 is 10.3 Å². The molecule has 1 aliphatic rings. The number of carbonyl (C=O) groups is 1. The number of carbonyl (C=O) groups excluding carboxylic acids is 1. The molecule has 0 bridgehead atoms. The molecule has 0 saturated heterocycles. The van der Waals surface area contributed by atoms with Gasteiger partial charge in [-0.3, -0.25) is 4.79 Å². The number of halogens is 1. The number of hydrogen-bond acceptors (Lipinski definition) is 5. The van der Waals surface area contributed by atoms with Gasteiger partial charge in [0.25, 0.3) is 0 Å². The monoisotopic (exact) mass is 490 g/mol. The van der Waals surface area contributed by atoms with Crippen LogP contribution >= 0.6 is 23.4 Å². The minimum atomic E-state index is -3.54. The molecule has 0 atom stereocenters. The fraction of sp³-hybridized carbons (Fsp3) is 0.273. The number of imidazole rings is 1. The second-order valence-electron chi connectivity index (χ2n) is 7.57. The van der Waals surface area contributed by atoms with E-state index in [9.17, 15) is 13.2 Å². The highest BCUT2D eigenvalue weighted by atomic mass is 35.5. The molecule has 10 heteroatoms. The maximum atomic E-state index is 12.5. The first-order chi connectivity index (χ1) is 15.4. The van der Waals surface area contributed by atoms with Crippen molar-refractivity contribution < 1.29 is 13.2 Å². The van der Waals surface area contributed by atoms with Crippen molar-refractivity contribution in [3.8, 4) is 11.3 Å². The number of nitrogens with zero attached hydrogens (tertiary/aromatic N) is 1. The van der Waals surface area contributed by atoms with Crippen LogP contribution in [0.15, 0.2) is 64.8 Å². The van der Waals surface area contributed by atoms with E-state index in [1.165, 1.54) is 23.9 Å². The van der Waals surface area contributed by atoms with Crippen LogP contribution in [0.5, 0.6) is 0 Å². The molecule has 0 spiro atoms. The summed E-state index contributed by atoms with van der Waals surface area (Å²) in [5.74, 6) is -0.0456. The predicted octanol–water partition coefficient (Wildman–Crippen LogP) is 4.68. The van der Waals surface area contributed by atoms with E-state index in [0.717, 1.165) is 36.9 Å². The standard InChI is InChI=1S/C22H23ClN4O3S2/c23-16-7-5-15(6-8-16)20-13-24-22(26-20)31-14-21(28)25-17-9-11-19(12-10-17)32(29,30)27-18-3-1-2-4-18/h5-13,18,27H,1-4,14H2,(H,24,26)(H,25,28). The molecular formula is C22H23ClN4O3S2. The number of thioether (sulfide) groups is 1. The quantitative estimate of drug-likeness (QED) is 0.398. The van der Waals surface area contributed by atoms with Crippen LogP contribution < -0.4 is 10.0 Å². The summed E-state index contributed by atoms with van der Waals surface area (Å²) in [6.45, 7) is 0. The van der Waals surface area contributed by atoms with Crippen LogP contribution in [0.3, 0.4) is 0 Å². The summed E-state index contributed by atoms with van der Waals surface area (Å²) in [5.41, 5.74) is 2.33. The zero-order valence-electron chi connectivity index (χ0n) is 17.2. The van der Waals surface area contributed by atoms with Crippen molar-refractivity contribution in [2.45, 2.75) is 41.8 Å². The first kappa shape index (κ1) is 22.8.